The van der Waals surface area contributed by atoms with E-state index in [0.29, 0.717) is 23.9 Å². The highest BCUT2D eigenvalue weighted by atomic mass is 79.9. The standard InChI is InChI=1S/C19H24BrF3N2O3/c1-18(2,3)28-17(27)25-10-4-5-12(11-25)15(26)24-19(23,16(21)22)13-6-8-14(20)9-7-13/h6-9,12,16H,4-5,10-11H2,1-3H3,(H,24,26). The van der Waals surface area contributed by atoms with Gasteiger partial charge in [-0.1, -0.05) is 28.1 Å². The smallest absolute Gasteiger partial charge is 0.410 e. The number of hydrogen-bond donors (Lipinski definition) is 1. The molecule has 1 aliphatic rings. The lowest BCUT2D eigenvalue weighted by molar-refractivity contribution is -0.139. The average Bonchev–Trinajstić information content (AvgIpc) is 2.60. The molecule has 28 heavy (non-hydrogen) atoms. The Morgan fingerprint density at radius 2 is 1.86 bits per heavy atom. The van der Waals surface area contributed by atoms with Crippen molar-refractivity contribution in [1.82, 2.24) is 10.2 Å². The van der Waals surface area contributed by atoms with E-state index < -0.39 is 35.7 Å². The van der Waals surface area contributed by atoms with Gasteiger partial charge in [0.15, 0.2) is 0 Å². The van der Waals surface area contributed by atoms with Crippen LogP contribution in [0.25, 0.3) is 0 Å². The lowest BCUT2D eigenvalue weighted by atomic mass is 9.96. The number of likely N-dealkylation sites (tertiary alicyclic amines) is 1. The first-order valence-corrected chi connectivity index (χ1v) is 9.75. The fourth-order valence-electron chi connectivity index (χ4n) is 2.91. The lowest BCUT2D eigenvalue weighted by Crippen LogP contribution is -2.53. The van der Waals surface area contributed by atoms with Crippen LogP contribution in [0.3, 0.4) is 0 Å². The molecule has 2 amide bonds. The number of benzene rings is 1. The molecule has 0 aromatic heterocycles. The quantitative estimate of drug-likeness (QED) is 0.662. The highest BCUT2D eigenvalue weighted by Crippen LogP contribution is 2.32. The molecule has 1 fully saturated rings. The molecule has 1 aliphatic heterocycles. The van der Waals surface area contributed by atoms with E-state index in [9.17, 15) is 18.4 Å². The SMILES string of the molecule is CC(C)(C)OC(=O)N1CCCC(C(=O)NC(F)(c2ccc(Br)cc2)C(F)F)C1. The maximum absolute atomic E-state index is 15.1. The molecule has 5 nitrogen and oxygen atoms in total. The summed E-state index contributed by atoms with van der Waals surface area (Å²) < 4.78 is 47.9. The Balaban J connectivity index is 2.11. The number of amides is 2. The van der Waals surface area contributed by atoms with E-state index in [2.05, 4.69) is 15.9 Å². The molecule has 0 saturated carbocycles. The molecule has 1 heterocycles. The summed E-state index contributed by atoms with van der Waals surface area (Å²) >= 11 is 3.16. The molecule has 9 heteroatoms. The first kappa shape index (κ1) is 22.5. The molecule has 0 aliphatic carbocycles. The van der Waals surface area contributed by atoms with Gasteiger partial charge in [-0.2, -0.15) is 0 Å². The van der Waals surface area contributed by atoms with Crippen molar-refractivity contribution < 1.29 is 27.5 Å². The van der Waals surface area contributed by atoms with Crippen molar-refractivity contribution in [3.63, 3.8) is 0 Å². The number of ether oxygens (including phenoxy) is 1. The fraction of sp³-hybridized carbons (Fsp3) is 0.579. The normalized spacial score (nSPS) is 19.9. The van der Waals surface area contributed by atoms with Crippen molar-refractivity contribution >= 4 is 27.9 Å². The summed E-state index contributed by atoms with van der Waals surface area (Å²) in [5.74, 6) is -4.98. The number of hydrogen-bond acceptors (Lipinski definition) is 3. The van der Waals surface area contributed by atoms with E-state index in [1.807, 2.05) is 5.32 Å². The molecule has 2 rings (SSSR count). The van der Waals surface area contributed by atoms with Crippen LogP contribution in [0.2, 0.25) is 0 Å². The summed E-state index contributed by atoms with van der Waals surface area (Å²) in [4.78, 5) is 26.1. The third-order valence-corrected chi connectivity index (χ3v) is 4.84. The predicted molar refractivity (Wildman–Crippen MR) is 102 cm³/mol. The van der Waals surface area contributed by atoms with Gasteiger partial charge in [0.2, 0.25) is 5.91 Å². The summed E-state index contributed by atoms with van der Waals surface area (Å²) in [7, 11) is 0. The van der Waals surface area contributed by atoms with Crippen LogP contribution in [0.4, 0.5) is 18.0 Å². The highest BCUT2D eigenvalue weighted by molar-refractivity contribution is 9.10. The number of piperidine rings is 1. The molecule has 0 spiro atoms. The van der Waals surface area contributed by atoms with Crippen LogP contribution < -0.4 is 5.32 Å². The Kier molecular flexibility index (Phi) is 7.01. The summed E-state index contributed by atoms with van der Waals surface area (Å²) in [6.45, 7) is 5.54. The van der Waals surface area contributed by atoms with Crippen LogP contribution >= 0.6 is 15.9 Å². The molecule has 2 unspecified atom stereocenters. The largest absolute Gasteiger partial charge is 0.444 e. The number of carbonyl (C=O) groups is 2. The number of carbonyl (C=O) groups excluding carboxylic acids is 2. The minimum absolute atomic E-state index is 0.0135. The third kappa shape index (κ3) is 5.62. The highest BCUT2D eigenvalue weighted by Gasteiger charge is 2.45. The zero-order chi connectivity index (χ0) is 21.1. The van der Waals surface area contributed by atoms with Gasteiger partial charge >= 0.3 is 6.09 Å². The van der Waals surface area contributed by atoms with Gasteiger partial charge < -0.3 is 15.0 Å². The monoisotopic (exact) mass is 464 g/mol. The van der Waals surface area contributed by atoms with Crippen molar-refractivity contribution in [3.8, 4) is 0 Å². The number of nitrogens with zero attached hydrogens (tertiary/aromatic N) is 1. The van der Waals surface area contributed by atoms with E-state index in [1.54, 1.807) is 20.8 Å². The van der Waals surface area contributed by atoms with E-state index in [4.69, 9.17) is 4.74 Å². The lowest BCUT2D eigenvalue weighted by Gasteiger charge is -2.35. The molecule has 1 aromatic rings. The number of alkyl halides is 3. The van der Waals surface area contributed by atoms with Crippen molar-refractivity contribution in [2.24, 2.45) is 5.92 Å². The Bertz CT molecular complexity index is 709. The maximum Gasteiger partial charge on any atom is 0.410 e. The summed E-state index contributed by atoms with van der Waals surface area (Å²) in [6, 6.07) is 5.21. The van der Waals surface area contributed by atoms with E-state index in [-0.39, 0.29) is 12.1 Å². The van der Waals surface area contributed by atoms with E-state index in [0.717, 1.165) is 0 Å². The van der Waals surface area contributed by atoms with Crippen molar-refractivity contribution in [2.45, 2.75) is 51.4 Å². The molecule has 0 bridgehead atoms. The van der Waals surface area contributed by atoms with Crippen molar-refractivity contribution in [2.75, 3.05) is 13.1 Å². The van der Waals surface area contributed by atoms with Crippen molar-refractivity contribution in [3.05, 3.63) is 34.3 Å². The Hall–Kier alpha value is -1.77. The van der Waals surface area contributed by atoms with Gasteiger partial charge in [-0.05, 0) is 45.7 Å². The van der Waals surface area contributed by atoms with E-state index in [1.165, 1.54) is 29.2 Å². The maximum atomic E-state index is 15.1. The molecule has 0 radical (unpaired) electrons. The Labute approximate surface area is 170 Å². The summed E-state index contributed by atoms with van der Waals surface area (Å²) in [6.07, 6.45) is -3.18. The fourth-order valence-corrected chi connectivity index (χ4v) is 3.17. The molecule has 156 valence electrons. The van der Waals surface area contributed by atoms with Crippen molar-refractivity contribution in [1.29, 1.82) is 0 Å². The Morgan fingerprint density at radius 3 is 2.39 bits per heavy atom. The summed E-state index contributed by atoms with van der Waals surface area (Å²) in [5.41, 5.74) is -1.05. The first-order valence-electron chi connectivity index (χ1n) is 8.95. The predicted octanol–water partition coefficient (Wildman–Crippen LogP) is 4.60. The molecule has 1 saturated heterocycles. The zero-order valence-electron chi connectivity index (χ0n) is 16.0. The van der Waals surface area contributed by atoms with Gasteiger partial charge in [0.1, 0.15) is 5.60 Å². The first-order chi connectivity index (χ1) is 12.9. The minimum atomic E-state index is -3.46. The van der Waals surface area contributed by atoms with Crippen LogP contribution in [0.15, 0.2) is 28.7 Å². The molecule has 2 atom stereocenters. The minimum Gasteiger partial charge on any atom is -0.444 e. The van der Waals surface area contributed by atoms with Crippen LogP contribution in [-0.2, 0) is 15.3 Å². The summed E-state index contributed by atoms with van der Waals surface area (Å²) in [5, 5.41) is 1.86. The van der Waals surface area contributed by atoms with Crippen LogP contribution in [-0.4, -0.2) is 42.0 Å². The van der Waals surface area contributed by atoms with Gasteiger partial charge in [0.05, 0.1) is 5.92 Å². The number of nitrogens with one attached hydrogen (secondary N) is 1. The van der Waals surface area contributed by atoms with Gasteiger partial charge in [-0.3, -0.25) is 4.79 Å². The zero-order valence-corrected chi connectivity index (χ0v) is 17.6. The second-order valence-electron chi connectivity index (χ2n) is 7.77. The van der Waals surface area contributed by atoms with Crippen LogP contribution in [0, 0.1) is 5.92 Å². The molecular weight excluding hydrogens is 441 g/mol. The average molecular weight is 465 g/mol. The molecule has 1 N–H and O–H groups in total. The topological polar surface area (TPSA) is 58.6 Å². The molecule has 1 aromatic carbocycles. The van der Waals surface area contributed by atoms with E-state index >= 15 is 4.39 Å². The third-order valence-electron chi connectivity index (χ3n) is 4.31. The second-order valence-corrected chi connectivity index (χ2v) is 8.69. The second kappa shape index (κ2) is 8.71. The Morgan fingerprint density at radius 1 is 1.25 bits per heavy atom. The van der Waals surface area contributed by atoms with Crippen LogP contribution in [0.5, 0.6) is 0 Å². The van der Waals surface area contributed by atoms with Gasteiger partial charge in [-0.15, -0.1) is 0 Å². The number of halogens is 4. The van der Waals surface area contributed by atoms with Gasteiger partial charge in [0, 0.05) is 23.1 Å². The van der Waals surface area contributed by atoms with Gasteiger partial charge in [0.25, 0.3) is 12.2 Å². The van der Waals surface area contributed by atoms with Gasteiger partial charge in [-0.25, -0.2) is 18.0 Å². The molecular formula is C19H24BrF3N2O3. The number of rotatable bonds is 4. The van der Waals surface area contributed by atoms with Crippen LogP contribution in [0.1, 0.15) is 39.2 Å².